The molecule has 0 amide bonds. The standard InChI is InChI=1S/C24H44O9/c1-2-3-4-5-6-7-8-12-23(27)32-20-18-30-16-14-29-15-17-31-19-21-33-24(28)13-10-9-11-22(25)26/h2-21H2,1H3,(H,25,26). The lowest BCUT2D eigenvalue weighted by atomic mass is 10.1. The van der Waals surface area contributed by atoms with Crippen molar-refractivity contribution in [2.45, 2.75) is 84.0 Å². The largest absolute Gasteiger partial charge is 0.481 e. The van der Waals surface area contributed by atoms with Crippen molar-refractivity contribution in [3.63, 3.8) is 0 Å². The third-order valence-electron chi connectivity index (χ3n) is 4.73. The average Bonchev–Trinajstić information content (AvgIpc) is 2.79. The van der Waals surface area contributed by atoms with E-state index in [1.165, 1.54) is 32.1 Å². The van der Waals surface area contributed by atoms with Crippen LogP contribution in [0, 0.1) is 0 Å². The van der Waals surface area contributed by atoms with E-state index in [2.05, 4.69) is 6.92 Å². The molecule has 33 heavy (non-hydrogen) atoms. The van der Waals surface area contributed by atoms with Gasteiger partial charge < -0.3 is 28.8 Å². The van der Waals surface area contributed by atoms with Gasteiger partial charge in [-0.1, -0.05) is 45.4 Å². The van der Waals surface area contributed by atoms with E-state index < -0.39 is 5.97 Å². The van der Waals surface area contributed by atoms with Gasteiger partial charge in [0.05, 0.1) is 39.6 Å². The Morgan fingerprint density at radius 1 is 0.515 bits per heavy atom. The lowest BCUT2D eigenvalue weighted by molar-refractivity contribution is -0.146. The van der Waals surface area contributed by atoms with Gasteiger partial charge in [-0.05, 0) is 19.3 Å². The third-order valence-corrected chi connectivity index (χ3v) is 4.73. The molecule has 0 saturated carbocycles. The number of carboxylic acids is 1. The summed E-state index contributed by atoms with van der Waals surface area (Å²) in [5, 5.41) is 8.51. The topological polar surface area (TPSA) is 118 Å². The summed E-state index contributed by atoms with van der Waals surface area (Å²) < 4.78 is 26.1. The summed E-state index contributed by atoms with van der Waals surface area (Å²) in [6, 6.07) is 0. The van der Waals surface area contributed by atoms with E-state index in [0.717, 1.165) is 12.8 Å². The Hall–Kier alpha value is -1.71. The highest BCUT2D eigenvalue weighted by Gasteiger charge is 2.04. The van der Waals surface area contributed by atoms with Crippen LogP contribution in [-0.2, 0) is 38.1 Å². The number of ether oxygens (including phenoxy) is 5. The second kappa shape index (κ2) is 24.9. The van der Waals surface area contributed by atoms with E-state index >= 15 is 0 Å². The van der Waals surface area contributed by atoms with Gasteiger partial charge in [0, 0.05) is 19.3 Å². The smallest absolute Gasteiger partial charge is 0.305 e. The maximum Gasteiger partial charge on any atom is 0.305 e. The Labute approximate surface area is 198 Å². The highest BCUT2D eigenvalue weighted by molar-refractivity contribution is 5.70. The molecule has 0 unspecified atom stereocenters. The van der Waals surface area contributed by atoms with Crippen molar-refractivity contribution < 1.29 is 43.2 Å². The Kier molecular flexibility index (Phi) is 23.6. The average molecular weight is 477 g/mol. The fourth-order valence-electron chi connectivity index (χ4n) is 2.89. The fourth-order valence-corrected chi connectivity index (χ4v) is 2.89. The number of carbonyl (C=O) groups excluding carboxylic acids is 2. The predicted molar refractivity (Wildman–Crippen MR) is 123 cm³/mol. The van der Waals surface area contributed by atoms with Gasteiger partial charge in [0.15, 0.2) is 0 Å². The van der Waals surface area contributed by atoms with Crippen LogP contribution >= 0.6 is 0 Å². The zero-order valence-corrected chi connectivity index (χ0v) is 20.4. The zero-order chi connectivity index (χ0) is 24.4. The molecule has 9 heteroatoms. The molecule has 0 heterocycles. The first kappa shape index (κ1) is 31.3. The van der Waals surface area contributed by atoms with E-state index in [4.69, 9.17) is 28.8 Å². The second-order valence-electron chi connectivity index (χ2n) is 7.75. The molecule has 0 spiro atoms. The van der Waals surface area contributed by atoms with Crippen molar-refractivity contribution in [3.8, 4) is 0 Å². The van der Waals surface area contributed by atoms with Crippen LogP contribution in [0.1, 0.15) is 84.0 Å². The number of aliphatic carboxylic acids is 1. The summed E-state index contributed by atoms with van der Waals surface area (Å²) in [5.41, 5.74) is 0. The summed E-state index contributed by atoms with van der Waals surface area (Å²) in [6.45, 7) is 4.87. The molecule has 194 valence electrons. The fraction of sp³-hybridized carbons (Fsp3) is 0.875. The van der Waals surface area contributed by atoms with Crippen LogP contribution in [0.3, 0.4) is 0 Å². The molecule has 0 atom stereocenters. The SMILES string of the molecule is CCCCCCCCCC(=O)OCCOCCOCCOCCOC(=O)CCCCC(=O)O. The second-order valence-corrected chi connectivity index (χ2v) is 7.75. The first-order valence-electron chi connectivity index (χ1n) is 12.3. The van der Waals surface area contributed by atoms with Gasteiger partial charge in [-0.25, -0.2) is 0 Å². The first-order valence-corrected chi connectivity index (χ1v) is 12.3. The summed E-state index contributed by atoms with van der Waals surface area (Å²) in [4.78, 5) is 33.4. The Morgan fingerprint density at radius 2 is 0.879 bits per heavy atom. The number of hydrogen-bond donors (Lipinski definition) is 1. The minimum absolute atomic E-state index is 0.0637. The summed E-state index contributed by atoms with van der Waals surface area (Å²) in [6.07, 6.45) is 9.95. The van der Waals surface area contributed by atoms with Crippen LogP contribution in [0.5, 0.6) is 0 Å². The van der Waals surface area contributed by atoms with Crippen LogP contribution in [0.15, 0.2) is 0 Å². The molecule has 0 aliphatic carbocycles. The number of rotatable bonds is 25. The van der Waals surface area contributed by atoms with Crippen molar-refractivity contribution in [1.82, 2.24) is 0 Å². The van der Waals surface area contributed by atoms with E-state index in [-0.39, 0.29) is 44.6 Å². The number of unbranched alkanes of at least 4 members (excludes halogenated alkanes) is 7. The molecule has 0 aromatic rings. The van der Waals surface area contributed by atoms with Gasteiger partial charge in [-0.2, -0.15) is 0 Å². The van der Waals surface area contributed by atoms with E-state index in [0.29, 0.717) is 52.3 Å². The van der Waals surface area contributed by atoms with Gasteiger partial charge >= 0.3 is 17.9 Å². The van der Waals surface area contributed by atoms with Crippen LogP contribution in [-0.4, -0.2) is 75.9 Å². The Morgan fingerprint density at radius 3 is 1.33 bits per heavy atom. The molecule has 0 aromatic heterocycles. The molecule has 0 rings (SSSR count). The van der Waals surface area contributed by atoms with Crippen molar-refractivity contribution >= 4 is 17.9 Å². The molecule has 0 fully saturated rings. The third kappa shape index (κ3) is 26.4. The van der Waals surface area contributed by atoms with Crippen molar-refractivity contribution in [3.05, 3.63) is 0 Å². The molecule has 9 nitrogen and oxygen atoms in total. The monoisotopic (exact) mass is 476 g/mol. The van der Waals surface area contributed by atoms with Gasteiger partial charge in [0.25, 0.3) is 0 Å². The molecule has 1 N–H and O–H groups in total. The van der Waals surface area contributed by atoms with Crippen LogP contribution in [0.2, 0.25) is 0 Å². The molecule has 0 radical (unpaired) electrons. The van der Waals surface area contributed by atoms with E-state index in [9.17, 15) is 14.4 Å². The van der Waals surface area contributed by atoms with Crippen LogP contribution in [0.25, 0.3) is 0 Å². The molecule has 0 aromatic carbocycles. The molecular formula is C24H44O9. The van der Waals surface area contributed by atoms with Crippen molar-refractivity contribution in [2.75, 3.05) is 52.9 Å². The van der Waals surface area contributed by atoms with Gasteiger partial charge in [-0.3, -0.25) is 14.4 Å². The van der Waals surface area contributed by atoms with E-state index in [1.54, 1.807) is 0 Å². The summed E-state index contributed by atoms with van der Waals surface area (Å²) in [5.74, 6) is -1.37. The number of esters is 2. The molecule has 0 aliphatic heterocycles. The maximum atomic E-state index is 11.6. The van der Waals surface area contributed by atoms with Crippen molar-refractivity contribution in [1.29, 1.82) is 0 Å². The highest BCUT2D eigenvalue weighted by Crippen LogP contribution is 2.08. The van der Waals surface area contributed by atoms with Gasteiger partial charge in [0.1, 0.15) is 13.2 Å². The normalized spacial score (nSPS) is 10.8. The summed E-state index contributed by atoms with van der Waals surface area (Å²) in [7, 11) is 0. The van der Waals surface area contributed by atoms with Gasteiger partial charge in [0.2, 0.25) is 0 Å². The number of hydrogen-bond acceptors (Lipinski definition) is 8. The Balaban J connectivity index is 3.22. The Bertz CT molecular complexity index is 483. The highest BCUT2D eigenvalue weighted by atomic mass is 16.6. The van der Waals surface area contributed by atoms with Gasteiger partial charge in [-0.15, -0.1) is 0 Å². The first-order chi connectivity index (χ1) is 16.1. The minimum atomic E-state index is -0.861. The molecule has 0 saturated heterocycles. The predicted octanol–water partition coefficient (Wildman–Crippen LogP) is 3.91. The lowest BCUT2D eigenvalue weighted by Crippen LogP contribution is -2.15. The quantitative estimate of drug-likeness (QED) is 0.154. The van der Waals surface area contributed by atoms with Crippen LogP contribution < -0.4 is 0 Å². The molecule has 0 bridgehead atoms. The maximum absolute atomic E-state index is 11.6. The number of carbonyl (C=O) groups is 3. The van der Waals surface area contributed by atoms with Crippen LogP contribution in [0.4, 0.5) is 0 Å². The molecule has 0 aliphatic rings. The minimum Gasteiger partial charge on any atom is -0.481 e. The lowest BCUT2D eigenvalue weighted by Gasteiger charge is -2.08. The van der Waals surface area contributed by atoms with E-state index in [1.807, 2.05) is 0 Å². The molecular weight excluding hydrogens is 432 g/mol. The summed E-state index contributed by atoms with van der Waals surface area (Å²) >= 11 is 0. The number of carboxylic acid groups (broad SMARTS) is 1. The zero-order valence-electron chi connectivity index (χ0n) is 20.4. The van der Waals surface area contributed by atoms with Crippen molar-refractivity contribution in [2.24, 2.45) is 0 Å².